The van der Waals surface area contributed by atoms with Gasteiger partial charge in [0.25, 0.3) is 0 Å². The van der Waals surface area contributed by atoms with Crippen molar-refractivity contribution in [1.82, 2.24) is 5.32 Å². The van der Waals surface area contributed by atoms with E-state index in [-0.39, 0.29) is 5.82 Å². The lowest BCUT2D eigenvalue weighted by molar-refractivity contribution is 0.455. The van der Waals surface area contributed by atoms with Crippen molar-refractivity contribution < 1.29 is 8.81 Å². The van der Waals surface area contributed by atoms with Crippen LogP contribution in [0.3, 0.4) is 0 Å². The van der Waals surface area contributed by atoms with E-state index in [0.717, 1.165) is 12.2 Å². The van der Waals surface area contributed by atoms with Crippen molar-refractivity contribution in [3.63, 3.8) is 0 Å². The van der Waals surface area contributed by atoms with E-state index < -0.39 is 0 Å². The maximum Gasteiger partial charge on any atom is 0.137 e. The van der Waals surface area contributed by atoms with Gasteiger partial charge in [-0.2, -0.15) is 0 Å². The number of furan rings is 1. The third-order valence-electron chi connectivity index (χ3n) is 3.04. The van der Waals surface area contributed by atoms with Crippen molar-refractivity contribution >= 4 is 0 Å². The molecule has 0 amide bonds. The summed E-state index contributed by atoms with van der Waals surface area (Å²) in [4.78, 5) is 0. The maximum absolute atomic E-state index is 13.6. The van der Waals surface area contributed by atoms with E-state index in [4.69, 9.17) is 4.42 Å². The molecule has 2 rings (SSSR count). The van der Waals surface area contributed by atoms with Crippen molar-refractivity contribution in [3.8, 4) is 11.3 Å². The first-order chi connectivity index (χ1) is 8.70. The van der Waals surface area contributed by atoms with Crippen LogP contribution in [0.4, 0.5) is 4.39 Å². The Labute approximate surface area is 107 Å². The van der Waals surface area contributed by atoms with Gasteiger partial charge in [-0.25, -0.2) is 4.39 Å². The quantitative estimate of drug-likeness (QED) is 0.864. The Balaban J connectivity index is 2.09. The molecule has 1 unspecified atom stereocenters. The first kappa shape index (κ1) is 12.8. The molecule has 1 heterocycles. The zero-order chi connectivity index (χ0) is 13.0. The molecule has 18 heavy (non-hydrogen) atoms. The molecule has 3 heteroatoms. The highest BCUT2D eigenvalue weighted by Crippen LogP contribution is 2.24. The predicted octanol–water partition coefficient (Wildman–Crippen LogP) is 3.97. The number of nitrogens with one attached hydrogen (secondary N) is 1. The summed E-state index contributed by atoms with van der Waals surface area (Å²) in [5.74, 6) is 1.15. The summed E-state index contributed by atoms with van der Waals surface area (Å²) in [6, 6.07) is 10.8. The molecular formula is C15H18FNO. The van der Waals surface area contributed by atoms with Crippen molar-refractivity contribution in [1.29, 1.82) is 0 Å². The Kier molecular flexibility index (Phi) is 4.15. The minimum atomic E-state index is -0.256. The van der Waals surface area contributed by atoms with Crippen LogP contribution in [0, 0.1) is 5.82 Å². The van der Waals surface area contributed by atoms with Gasteiger partial charge in [-0.3, -0.25) is 0 Å². The second-order valence-corrected chi connectivity index (χ2v) is 4.44. The zero-order valence-electron chi connectivity index (χ0n) is 10.7. The number of hydrogen-bond acceptors (Lipinski definition) is 2. The van der Waals surface area contributed by atoms with Gasteiger partial charge in [0, 0.05) is 6.04 Å². The number of hydrogen-bond donors (Lipinski definition) is 1. The Hall–Kier alpha value is -1.61. The zero-order valence-corrected chi connectivity index (χ0v) is 10.7. The second-order valence-electron chi connectivity index (χ2n) is 4.44. The molecular weight excluding hydrogens is 229 g/mol. The van der Waals surface area contributed by atoms with Crippen LogP contribution in [0.5, 0.6) is 0 Å². The average Bonchev–Trinajstić information content (AvgIpc) is 2.85. The minimum absolute atomic E-state index is 0.256. The largest absolute Gasteiger partial charge is 0.460 e. The van der Waals surface area contributed by atoms with E-state index in [2.05, 4.69) is 19.2 Å². The Morgan fingerprint density at radius 3 is 2.72 bits per heavy atom. The van der Waals surface area contributed by atoms with Gasteiger partial charge in [0.05, 0.1) is 12.1 Å². The molecule has 1 aromatic heterocycles. The fourth-order valence-corrected chi connectivity index (χ4v) is 1.70. The highest BCUT2D eigenvalue weighted by Gasteiger charge is 2.09. The van der Waals surface area contributed by atoms with Gasteiger partial charge in [0.1, 0.15) is 17.3 Å². The normalized spacial score (nSPS) is 12.6. The first-order valence-corrected chi connectivity index (χ1v) is 6.27. The van der Waals surface area contributed by atoms with Gasteiger partial charge < -0.3 is 9.73 Å². The van der Waals surface area contributed by atoms with Crippen LogP contribution >= 0.6 is 0 Å². The molecule has 1 N–H and O–H groups in total. The molecule has 0 spiro atoms. The molecule has 0 saturated carbocycles. The summed E-state index contributed by atoms with van der Waals surface area (Å²) in [5.41, 5.74) is 0.507. The van der Waals surface area contributed by atoms with Gasteiger partial charge in [-0.15, -0.1) is 0 Å². The number of halogens is 1. The Morgan fingerprint density at radius 2 is 2.00 bits per heavy atom. The molecule has 0 radical (unpaired) electrons. The molecule has 1 atom stereocenters. The molecule has 2 aromatic rings. The number of rotatable bonds is 5. The molecule has 0 fully saturated rings. The monoisotopic (exact) mass is 247 g/mol. The first-order valence-electron chi connectivity index (χ1n) is 6.27. The van der Waals surface area contributed by atoms with Crippen molar-refractivity contribution in [2.45, 2.75) is 32.9 Å². The van der Waals surface area contributed by atoms with E-state index in [9.17, 15) is 4.39 Å². The smallest absolute Gasteiger partial charge is 0.137 e. The van der Waals surface area contributed by atoms with Crippen LogP contribution in [0.15, 0.2) is 40.8 Å². The fraction of sp³-hybridized carbons (Fsp3) is 0.333. The molecule has 0 bridgehead atoms. The van der Waals surface area contributed by atoms with Gasteiger partial charge >= 0.3 is 0 Å². The van der Waals surface area contributed by atoms with Crippen LogP contribution in [-0.2, 0) is 6.54 Å². The molecule has 2 nitrogen and oxygen atoms in total. The van der Waals surface area contributed by atoms with E-state index in [0.29, 0.717) is 23.9 Å². The lowest BCUT2D eigenvalue weighted by Crippen LogP contribution is -2.24. The van der Waals surface area contributed by atoms with E-state index in [1.807, 2.05) is 12.1 Å². The minimum Gasteiger partial charge on any atom is -0.460 e. The lowest BCUT2D eigenvalue weighted by Gasteiger charge is -2.09. The fourth-order valence-electron chi connectivity index (χ4n) is 1.70. The van der Waals surface area contributed by atoms with E-state index in [1.165, 1.54) is 6.07 Å². The Morgan fingerprint density at radius 1 is 1.22 bits per heavy atom. The van der Waals surface area contributed by atoms with Crippen molar-refractivity contribution in [3.05, 3.63) is 48.0 Å². The molecule has 0 aliphatic rings. The summed E-state index contributed by atoms with van der Waals surface area (Å²) < 4.78 is 19.2. The average molecular weight is 247 g/mol. The van der Waals surface area contributed by atoms with Gasteiger partial charge in [0.2, 0.25) is 0 Å². The SMILES string of the molecule is CCC(C)NCc1ccc(-c2ccccc2F)o1. The van der Waals surface area contributed by atoms with E-state index >= 15 is 0 Å². The van der Waals surface area contributed by atoms with Gasteiger partial charge in [-0.1, -0.05) is 19.1 Å². The maximum atomic E-state index is 13.6. The number of benzene rings is 1. The standard InChI is InChI=1S/C15H18FNO/c1-3-11(2)17-10-12-8-9-15(18-12)13-6-4-5-7-14(13)16/h4-9,11,17H,3,10H2,1-2H3. The lowest BCUT2D eigenvalue weighted by atomic mass is 10.1. The summed E-state index contributed by atoms with van der Waals surface area (Å²) >= 11 is 0. The summed E-state index contributed by atoms with van der Waals surface area (Å²) in [7, 11) is 0. The predicted molar refractivity (Wildman–Crippen MR) is 70.7 cm³/mol. The third kappa shape index (κ3) is 2.99. The van der Waals surface area contributed by atoms with Crippen LogP contribution in [-0.4, -0.2) is 6.04 Å². The summed E-state index contributed by atoms with van der Waals surface area (Å²) in [6.07, 6.45) is 1.07. The topological polar surface area (TPSA) is 25.2 Å². The van der Waals surface area contributed by atoms with E-state index in [1.54, 1.807) is 18.2 Å². The van der Waals surface area contributed by atoms with Crippen LogP contribution in [0.25, 0.3) is 11.3 Å². The summed E-state index contributed by atoms with van der Waals surface area (Å²) in [6.45, 7) is 4.93. The third-order valence-corrected chi connectivity index (χ3v) is 3.04. The highest BCUT2D eigenvalue weighted by atomic mass is 19.1. The molecule has 0 aliphatic carbocycles. The highest BCUT2D eigenvalue weighted by molar-refractivity contribution is 5.58. The molecule has 96 valence electrons. The van der Waals surface area contributed by atoms with Gasteiger partial charge in [-0.05, 0) is 37.6 Å². The van der Waals surface area contributed by atoms with Crippen LogP contribution in [0.1, 0.15) is 26.0 Å². The molecule has 1 aromatic carbocycles. The van der Waals surface area contributed by atoms with Crippen LogP contribution < -0.4 is 5.32 Å². The second kappa shape index (κ2) is 5.83. The van der Waals surface area contributed by atoms with Crippen molar-refractivity contribution in [2.75, 3.05) is 0 Å². The van der Waals surface area contributed by atoms with Gasteiger partial charge in [0.15, 0.2) is 0 Å². The molecule has 0 aliphatic heterocycles. The van der Waals surface area contributed by atoms with Crippen LogP contribution in [0.2, 0.25) is 0 Å². The molecule has 0 saturated heterocycles. The van der Waals surface area contributed by atoms with Crippen molar-refractivity contribution in [2.24, 2.45) is 0 Å². The Bertz CT molecular complexity index is 507. The summed E-state index contributed by atoms with van der Waals surface area (Å²) in [5, 5.41) is 3.34.